The molecule has 0 amide bonds. The molecule has 3 rings (SSSR count). The number of carbonyl (C=O) groups excluding carboxylic acids is 2. The summed E-state index contributed by atoms with van der Waals surface area (Å²) in [6, 6.07) is 8.93. The van der Waals surface area contributed by atoms with E-state index in [4.69, 9.17) is 9.47 Å². The van der Waals surface area contributed by atoms with E-state index in [2.05, 4.69) is 20.9 Å². The Hall–Kier alpha value is -3.27. The maximum absolute atomic E-state index is 13.1. The second kappa shape index (κ2) is 11.0. The SMILES string of the molecule is CCOC(=O)Cn1c(=O)c2ccncc2n(Cc2ccc(CC(Br)C(=O)OCC)cc2)c1=O. The molecule has 0 fully saturated rings. The molecule has 2 heterocycles. The van der Waals surface area contributed by atoms with Gasteiger partial charge < -0.3 is 9.47 Å². The van der Waals surface area contributed by atoms with Gasteiger partial charge in [0.05, 0.1) is 36.9 Å². The van der Waals surface area contributed by atoms with E-state index in [1.807, 2.05) is 24.3 Å². The van der Waals surface area contributed by atoms with Gasteiger partial charge in [0.15, 0.2) is 0 Å². The lowest BCUT2D eigenvalue weighted by Crippen LogP contribution is -2.42. The van der Waals surface area contributed by atoms with Crippen LogP contribution in [0.15, 0.2) is 52.3 Å². The zero-order valence-electron chi connectivity index (χ0n) is 18.3. The Labute approximate surface area is 198 Å². The summed E-state index contributed by atoms with van der Waals surface area (Å²) in [6.45, 7) is 3.57. The molecule has 9 nitrogen and oxygen atoms in total. The molecule has 0 aliphatic rings. The third-order valence-electron chi connectivity index (χ3n) is 4.94. The Morgan fingerprint density at radius 1 is 1.00 bits per heavy atom. The molecular formula is C23H24BrN3O6. The number of hydrogen-bond acceptors (Lipinski definition) is 7. The molecule has 174 valence electrons. The third kappa shape index (κ3) is 5.75. The standard InChI is InChI=1S/C23H24BrN3O6/c1-3-32-20(28)14-27-21(29)17-9-10-25-12-19(17)26(23(27)31)13-16-7-5-15(6-8-16)11-18(24)22(30)33-4-2/h5-10,12,18H,3-4,11,13-14H2,1-2H3. The van der Waals surface area contributed by atoms with Crippen molar-refractivity contribution < 1.29 is 19.1 Å². The molecule has 1 atom stereocenters. The summed E-state index contributed by atoms with van der Waals surface area (Å²) in [6.07, 6.45) is 3.37. The normalized spacial score (nSPS) is 11.8. The molecule has 0 N–H and O–H groups in total. The summed E-state index contributed by atoms with van der Waals surface area (Å²) in [7, 11) is 0. The third-order valence-corrected chi connectivity index (χ3v) is 5.64. The van der Waals surface area contributed by atoms with E-state index in [-0.39, 0.29) is 24.5 Å². The molecule has 1 aromatic carbocycles. The summed E-state index contributed by atoms with van der Waals surface area (Å²) in [5, 5.41) is 0.280. The maximum atomic E-state index is 13.1. The first kappa shape index (κ1) is 24.4. The monoisotopic (exact) mass is 517 g/mol. The van der Waals surface area contributed by atoms with Crippen LogP contribution in [-0.4, -0.2) is 44.1 Å². The lowest BCUT2D eigenvalue weighted by Gasteiger charge is -2.14. The molecule has 0 saturated carbocycles. The van der Waals surface area contributed by atoms with Crippen molar-refractivity contribution in [2.45, 2.75) is 38.2 Å². The molecule has 0 saturated heterocycles. The van der Waals surface area contributed by atoms with Gasteiger partial charge in [0.2, 0.25) is 0 Å². The Kier molecular flexibility index (Phi) is 8.16. The number of ether oxygens (including phenoxy) is 2. The minimum absolute atomic E-state index is 0.150. The smallest absolute Gasteiger partial charge is 0.332 e. The molecule has 1 unspecified atom stereocenters. The molecule has 0 bridgehead atoms. The van der Waals surface area contributed by atoms with E-state index < -0.39 is 28.6 Å². The fourth-order valence-electron chi connectivity index (χ4n) is 3.38. The number of rotatable bonds is 9. The number of pyridine rings is 1. The number of esters is 2. The molecule has 0 radical (unpaired) electrons. The lowest BCUT2D eigenvalue weighted by atomic mass is 10.1. The Bertz CT molecular complexity index is 1270. The zero-order chi connectivity index (χ0) is 24.0. The van der Waals surface area contributed by atoms with Gasteiger partial charge in [-0.25, -0.2) is 9.36 Å². The summed E-state index contributed by atoms with van der Waals surface area (Å²) in [4.78, 5) is 53.3. The van der Waals surface area contributed by atoms with Gasteiger partial charge in [-0.05, 0) is 37.5 Å². The maximum Gasteiger partial charge on any atom is 0.332 e. The van der Waals surface area contributed by atoms with Crippen LogP contribution >= 0.6 is 15.9 Å². The average Bonchev–Trinajstić information content (AvgIpc) is 2.81. The van der Waals surface area contributed by atoms with Gasteiger partial charge in [-0.1, -0.05) is 40.2 Å². The van der Waals surface area contributed by atoms with Crippen molar-refractivity contribution in [3.8, 4) is 0 Å². The van der Waals surface area contributed by atoms with Gasteiger partial charge in [0.25, 0.3) is 5.56 Å². The van der Waals surface area contributed by atoms with Crippen molar-refractivity contribution in [2.24, 2.45) is 0 Å². The van der Waals surface area contributed by atoms with Gasteiger partial charge >= 0.3 is 17.6 Å². The van der Waals surface area contributed by atoms with Crippen LogP contribution in [-0.2, 0) is 38.6 Å². The topological polar surface area (TPSA) is 109 Å². The Morgan fingerprint density at radius 2 is 1.67 bits per heavy atom. The van der Waals surface area contributed by atoms with Crippen LogP contribution in [0.3, 0.4) is 0 Å². The van der Waals surface area contributed by atoms with E-state index in [9.17, 15) is 19.2 Å². The number of carbonyl (C=O) groups is 2. The highest BCUT2D eigenvalue weighted by molar-refractivity contribution is 9.10. The van der Waals surface area contributed by atoms with Crippen LogP contribution in [0.1, 0.15) is 25.0 Å². The van der Waals surface area contributed by atoms with Crippen LogP contribution in [0.2, 0.25) is 0 Å². The molecule has 33 heavy (non-hydrogen) atoms. The largest absolute Gasteiger partial charge is 0.465 e. The number of hydrogen-bond donors (Lipinski definition) is 0. The average molecular weight is 518 g/mol. The van der Waals surface area contributed by atoms with Gasteiger partial charge in [-0.15, -0.1) is 0 Å². The molecule has 10 heteroatoms. The Balaban J connectivity index is 1.92. The number of benzene rings is 1. The summed E-state index contributed by atoms with van der Waals surface area (Å²) in [5.74, 6) is -0.983. The van der Waals surface area contributed by atoms with Crippen LogP contribution in [0.4, 0.5) is 0 Å². The fourth-order valence-corrected chi connectivity index (χ4v) is 3.88. The number of fused-ring (bicyclic) bond motifs is 1. The summed E-state index contributed by atoms with van der Waals surface area (Å²) < 4.78 is 12.2. The molecule has 3 aromatic rings. The van der Waals surface area contributed by atoms with Crippen molar-refractivity contribution in [1.82, 2.24) is 14.1 Å². The number of aromatic nitrogens is 3. The van der Waals surface area contributed by atoms with Crippen molar-refractivity contribution in [1.29, 1.82) is 0 Å². The highest BCUT2D eigenvalue weighted by atomic mass is 79.9. The number of halogens is 1. The van der Waals surface area contributed by atoms with Crippen LogP contribution in [0.25, 0.3) is 10.9 Å². The van der Waals surface area contributed by atoms with Gasteiger partial charge in [0, 0.05) is 6.20 Å². The summed E-state index contributed by atoms with van der Waals surface area (Å²) >= 11 is 3.34. The van der Waals surface area contributed by atoms with Crippen LogP contribution in [0, 0.1) is 0 Å². The van der Waals surface area contributed by atoms with E-state index >= 15 is 0 Å². The van der Waals surface area contributed by atoms with Crippen LogP contribution in [0.5, 0.6) is 0 Å². The Morgan fingerprint density at radius 3 is 2.33 bits per heavy atom. The predicted octanol–water partition coefficient (Wildman–Crippen LogP) is 2.04. The molecule has 0 aliphatic carbocycles. The van der Waals surface area contributed by atoms with E-state index in [1.165, 1.54) is 23.0 Å². The minimum atomic E-state index is -0.660. The quantitative estimate of drug-likeness (QED) is 0.315. The van der Waals surface area contributed by atoms with Gasteiger partial charge in [0.1, 0.15) is 11.4 Å². The zero-order valence-corrected chi connectivity index (χ0v) is 19.9. The van der Waals surface area contributed by atoms with E-state index in [1.54, 1.807) is 13.8 Å². The second-order valence-corrected chi connectivity index (χ2v) is 8.30. The van der Waals surface area contributed by atoms with Crippen molar-refractivity contribution in [2.75, 3.05) is 13.2 Å². The van der Waals surface area contributed by atoms with E-state index in [0.29, 0.717) is 18.5 Å². The first-order valence-corrected chi connectivity index (χ1v) is 11.4. The fraction of sp³-hybridized carbons (Fsp3) is 0.348. The first-order valence-electron chi connectivity index (χ1n) is 10.5. The highest BCUT2D eigenvalue weighted by Crippen LogP contribution is 2.15. The van der Waals surface area contributed by atoms with Crippen molar-refractivity contribution in [3.05, 3.63) is 74.7 Å². The highest BCUT2D eigenvalue weighted by Gasteiger charge is 2.18. The number of alkyl halides is 1. The minimum Gasteiger partial charge on any atom is -0.465 e. The lowest BCUT2D eigenvalue weighted by molar-refractivity contribution is -0.144. The van der Waals surface area contributed by atoms with Gasteiger partial charge in [-0.2, -0.15) is 0 Å². The summed E-state index contributed by atoms with van der Waals surface area (Å²) in [5.41, 5.74) is 0.897. The molecule has 0 aliphatic heterocycles. The predicted molar refractivity (Wildman–Crippen MR) is 125 cm³/mol. The first-order chi connectivity index (χ1) is 15.8. The van der Waals surface area contributed by atoms with Crippen molar-refractivity contribution >= 4 is 38.8 Å². The molecular weight excluding hydrogens is 494 g/mol. The van der Waals surface area contributed by atoms with Crippen LogP contribution < -0.4 is 11.2 Å². The number of nitrogens with zero attached hydrogens (tertiary/aromatic N) is 3. The van der Waals surface area contributed by atoms with Gasteiger partial charge in [-0.3, -0.25) is 23.9 Å². The molecule has 2 aromatic heterocycles. The molecule has 0 spiro atoms. The van der Waals surface area contributed by atoms with E-state index in [0.717, 1.165) is 15.7 Å². The van der Waals surface area contributed by atoms with Crippen molar-refractivity contribution in [3.63, 3.8) is 0 Å². The second-order valence-electron chi connectivity index (χ2n) is 7.20.